The van der Waals surface area contributed by atoms with Gasteiger partial charge in [-0.2, -0.15) is 0 Å². The summed E-state index contributed by atoms with van der Waals surface area (Å²) in [7, 11) is -8.58. The van der Waals surface area contributed by atoms with Gasteiger partial charge in [0.05, 0.1) is 0 Å². The lowest BCUT2D eigenvalue weighted by atomic mass is 10.1. The van der Waals surface area contributed by atoms with Crippen LogP contribution in [0.2, 0.25) is 0 Å². The van der Waals surface area contributed by atoms with Crippen LogP contribution in [0.3, 0.4) is 0 Å². The van der Waals surface area contributed by atoms with Crippen molar-refractivity contribution in [3.05, 3.63) is 71.8 Å². The molecule has 0 bridgehead atoms. The molecule has 0 saturated heterocycles. The first-order chi connectivity index (χ1) is 23.9. The summed E-state index contributed by atoms with van der Waals surface area (Å²) in [5.74, 6) is 0. The standard InChI is InChI=1S/C36H40O6P2S6/c1-3-5-7-9-11-23-21-31(27-17-19-33(47-27)43(37,38)39)49-35(23)29-15-13-25(45-29)26-14-16-30(46-26)36-24(12-10-8-6-4-2)22-32(50-36)28-18-20-34(48-28)44(40,41)42/h13-22H,3-12H2,1-2H3,(H2,37,38,39)(H2,40,41,42). The number of thiophene rings is 6. The fourth-order valence-corrected chi connectivity index (χ4v) is 14.3. The average molecular weight is 823 g/mol. The van der Waals surface area contributed by atoms with Gasteiger partial charge >= 0.3 is 15.2 Å². The van der Waals surface area contributed by atoms with E-state index in [2.05, 4.69) is 50.2 Å². The molecule has 0 spiro atoms. The van der Waals surface area contributed by atoms with Crippen LogP contribution in [0.5, 0.6) is 0 Å². The lowest BCUT2D eigenvalue weighted by Crippen LogP contribution is -1.94. The second-order valence-corrected chi connectivity index (χ2v) is 22.4. The third-order valence-corrected chi connectivity index (χ3v) is 19.0. The van der Waals surface area contributed by atoms with E-state index in [0.29, 0.717) is 0 Å². The fourth-order valence-electron chi connectivity index (χ4n) is 5.79. The number of hydrogen-bond acceptors (Lipinski definition) is 8. The Kier molecular flexibility index (Phi) is 12.7. The predicted octanol–water partition coefficient (Wildman–Crippen LogP) is 12.2. The van der Waals surface area contributed by atoms with Gasteiger partial charge in [-0.05, 0) is 97.5 Å². The van der Waals surface area contributed by atoms with Crippen molar-refractivity contribution in [1.29, 1.82) is 0 Å². The summed E-state index contributed by atoms with van der Waals surface area (Å²) in [4.78, 5) is 49.9. The Morgan fingerprint density at radius 2 is 0.800 bits per heavy atom. The van der Waals surface area contributed by atoms with E-state index in [1.54, 1.807) is 57.5 Å². The Labute approximate surface area is 317 Å². The van der Waals surface area contributed by atoms with Gasteiger partial charge in [0, 0.05) is 48.8 Å². The van der Waals surface area contributed by atoms with Gasteiger partial charge in [-0.1, -0.05) is 52.4 Å². The first-order valence-corrected chi connectivity index (χ1v) is 24.9. The molecule has 50 heavy (non-hydrogen) atoms. The molecule has 0 aliphatic carbocycles. The number of aryl methyl sites for hydroxylation is 2. The molecule has 0 atom stereocenters. The van der Waals surface area contributed by atoms with E-state index < -0.39 is 15.2 Å². The molecule has 6 aromatic heterocycles. The molecule has 0 unspecified atom stereocenters. The monoisotopic (exact) mass is 822 g/mol. The van der Waals surface area contributed by atoms with Gasteiger partial charge in [0.2, 0.25) is 0 Å². The van der Waals surface area contributed by atoms with E-state index in [-0.39, 0.29) is 9.24 Å². The molecular formula is C36H40O6P2S6. The van der Waals surface area contributed by atoms with E-state index in [9.17, 15) is 28.7 Å². The third-order valence-electron chi connectivity index (χ3n) is 8.36. The molecule has 0 aliphatic rings. The quantitative estimate of drug-likeness (QED) is 0.0538. The fraction of sp³-hybridized carbons (Fsp3) is 0.333. The zero-order valence-corrected chi connectivity index (χ0v) is 34.5. The highest BCUT2D eigenvalue weighted by Gasteiger charge is 2.24. The van der Waals surface area contributed by atoms with Gasteiger partial charge < -0.3 is 19.6 Å². The van der Waals surface area contributed by atoms with Crippen LogP contribution in [0.25, 0.3) is 48.8 Å². The number of unbranched alkanes of at least 4 members (excludes halogenated alkanes) is 6. The van der Waals surface area contributed by atoms with Crippen LogP contribution >= 0.6 is 83.2 Å². The number of hydrogen-bond donors (Lipinski definition) is 4. The highest BCUT2D eigenvalue weighted by Crippen LogP contribution is 2.49. The molecule has 0 fully saturated rings. The molecule has 266 valence electrons. The molecule has 0 saturated carbocycles. The summed E-state index contributed by atoms with van der Waals surface area (Å²) in [6, 6.07) is 20.0. The molecule has 6 nitrogen and oxygen atoms in total. The van der Waals surface area contributed by atoms with E-state index >= 15 is 0 Å². The first kappa shape index (κ1) is 38.2. The van der Waals surface area contributed by atoms with Crippen molar-refractivity contribution in [1.82, 2.24) is 0 Å². The highest BCUT2D eigenvalue weighted by molar-refractivity contribution is 7.68. The summed E-state index contributed by atoms with van der Waals surface area (Å²) in [5, 5.41) is 0. The van der Waals surface area contributed by atoms with Crippen LogP contribution in [-0.2, 0) is 22.0 Å². The van der Waals surface area contributed by atoms with Crippen LogP contribution in [-0.4, -0.2) is 19.6 Å². The molecule has 14 heteroatoms. The molecule has 6 aromatic rings. The van der Waals surface area contributed by atoms with Crippen LogP contribution in [0.1, 0.15) is 76.3 Å². The molecule has 0 radical (unpaired) electrons. The largest absolute Gasteiger partial charge is 0.366 e. The average Bonchev–Trinajstić information content (AvgIpc) is 3.91. The van der Waals surface area contributed by atoms with Crippen molar-refractivity contribution in [2.75, 3.05) is 0 Å². The summed E-state index contributed by atoms with van der Waals surface area (Å²) >= 11 is 9.33. The van der Waals surface area contributed by atoms with Crippen LogP contribution < -0.4 is 9.24 Å². The van der Waals surface area contributed by atoms with E-state index in [0.717, 1.165) is 45.2 Å². The second-order valence-electron chi connectivity index (χ2n) is 12.2. The van der Waals surface area contributed by atoms with Gasteiger partial charge in [0.1, 0.15) is 9.24 Å². The molecule has 0 amide bonds. The van der Waals surface area contributed by atoms with Crippen LogP contribution in [0.15, 0.2) is 60.7 Å². The van der Waals surface area contributed by atoms with Gasteiger partial charge in [0.15, 0.2) is 0 Å². The minimum absolute atomic E-state index is 0.0992. The zero-order chi connectivity index (χ0) is 35.5. The smallest absolute Gasteiger partial charge is 0.320 e. The Bertz CT molecular complexity index is 1980. The molecule has 6 rings (SSSR count). The summed E-state index contributed by atoms with van der Waals surface area (Å²) in [5.41, 5.74) is 2.59. The normalized spacial score (nSPS) is 12.4. The van der Waals surface area contributed by atoms with Crippen LogP contribution in [0, 0.1) is 0 Å². The second kappa shape index (κ2) is 16.7. The summed E-state index contributed by atoms with van der Waals surface area (Å²) in [6.07, 6.45) is 11.3. The third kappa shape index (κ3) is 9.16. The van der Waals surface area contributed by atoms with Gasteiger partial charge in [0.25, 0.3) is 0 Å². The minimum atomic E-state index is -4.29. The summed E-state index contributed by atoms with van der Waals surface area (Å²) < 4.78 is 24.0. The highest BCUT2D eigenvalue weighted by atomic mass is 32.1. The molecule has 0 aromatic carbocycles. The minimum Gasteiger partial charge on any atom is -0.320 e. The van der Waals surface area contributed by atoms with Gasteiger partial charge in [-0.15, -0.1) is 68.0 Å². The summed E-state index contributed by atoms with van der Waals surface area (Å²) in [6.45, 7) is 4.43. The lowest BCUT2D eigenvalue weighted by molar-refractivity contribution is 0.386. The Morgan fingerprint density at radius 3 is 1.16 bits per heavy atom. The maximum atomic E-state index is 11.9. The van der Waals surface area contributed by atoms with Gasteiger partial charge in [-0.3, -0.25) is 9.13 Å². The van der Waals surface area contributed by atoms with Crippen LogP contribution in [0.4, 0.5) is 0 Å². The number of rotatable bonds is 17. The lowest BCUT2D eigenvalue weighted by Gasteiger charge is -2.02. The van der Waals surface area contributed by atoms with E-state index in [1.165, 1.54) is 102 Å². The Hall–Kier alpha value is -1.50. The van der Waals surface area contributed by atoms with Crippen molar-refractivity contribution in [3.63, 3.8) is 0 Å². The Balaban J connectivity index is 1.29. The van der Waals surface area contributed by atoms with E-state index in [4.69, 9.17) is 0 Å². The molecule has 0 aliphatic heterocycles. The predicted molar refractivity (Wildman–Crippen MR) is 220 cm³/mol. The topological polar surface area (TPSA) is 115 Å². The van der Waals surface area contributed by atoms with Gasteiger partial charge in [-0.25, -0.2) is 0 Å². The molecular weight excluding hydrogens is 783 g/mol. The first-order valence-electron chi connectivity index (χ1n) is 16.7. The SMILES string of the molecule is CCCCCCc1cc(-c2ccc(P(=O)(O)O)s2)sc1-c1ccc(-c2ccc(-c3sc(-c4ccc(P(=O)(O)O)s4)cc3CCCCCC)s2)s1. The van der Waals surface area contributed by atoms with Crippen molar-refractivity contribution < 1.29 is 28.7 Å². The van der Waals surface area contributed by atoms with Crippen molar-refractivity contribution >= 4 is 92.4 Å². The van der Waals surface area contributed by atoms with Crippen molar-refractivity contribution in [2.45, 2.75) is 78.1 Å². The van der Waals surface area contributed by atoms with Crippen molar-refractivity contribution in [3.8, 4) is 48.8 Å². The van der Waals surface area contributed by atoms with E-state index in [1.807, 2.05) is 12.1 Å². The maximum absolute atomic E-state index is 11.9. The maximum Gasteiger partial charge on any atom is 0.366 e. The molecule has 6 heterocycles. The Morgan fingerprint density at radius 1 is 0.440 bits per heavy atom. The molecule has 4 N–H and O–H groups in total. The zero-order valence-electron chi connectivity index (χ0n) is 27.8. The van der Waals surface area contributed by atoms with Crippen molar-refractivity contribution in [2.24, 2.45) is 0 Å².